The number of hydrogen-bond donors (Lipinski definition) is 1. The second kappa shape index (κ2) is 9.33. The van der Waals surface area contributed by atoms with E-state index < -0.39 is 5.97 Å². The molecule has 0 amide bonds. The van der Waals surface area contributed by atoms with E-state index in [2.05, 4.69) is 12.0 Å². The van der Waals surface area contributed by atoms with Crippen LogP contribution in [0.25, 0.3) is 11.6 Å². The number of carboxylic acid groups (broad SMARTS) is 1. The van der Waals surface area contributed by atoms with Gasteiger partial charge < -0.3 is 14.6 Å². The van der Waals surface area contributed by atoms with Crippen molar-refractivity contribution in [2.45, 2.75) is 6.92 Å². The third-order valence-electron chi connectivity index (χ3n) is 3.51. The van der Waals surface area contributed by atoms with E-state index in [0.717, 1.165) is 0 Å². The van der Waals surface area contributed by atoms with Gasteiger partial charge in [0.25, 0.3) is 0 Å². The minimum Gasteiger partial charge on any atom is -0.490 e. The number of benzene rings is 2. The highest BCUT2D eigenvalue weighted by Crippen LogP contribution is 2.37. The van der Waals surface area contributed by atoms with Crippen molar-refractivity contribution in [3.63, 3.8) is 0 Å². The van der Waals surface area contributed by atoms with Gasteiger partial charge in [-0.3, -0.25) is 0 Å². The van der Waals surface area contributed by atoms with Gasteiger partial charge in [0.1, 0.15) is 6.61 Å². The number of allylic oxidation sites excluding steroid dienone is 1. The molecule has 0 aliphatic heterocycles. The van der Waals surface area contributed by atoms with Gasteiger partial charge in [0.15, 0.2) is 11.5 Å². The summed E-state index contributed by atoms with van der Waals surface area (Å²) < 4.78 is 11.0. The molecule has 0 bridgehead atoms. The number of carbonyl (C=O) groups is 1. The standard InChI is InChI=1S/C21H16ClNO4/c1-3-9-27-20-18(22)11-14(12-19(20)26-4-2)10-17(13-23)15-5-7-16(8-6-15)21(24)25/h1,5-8,10-12H,4,9H2,2H3,(H,24,25)/b17-10-. The fraction of sp³-hybridized carbons (Fsp3) is 0.143. The van der Waals surface area contributed by atoms with Crippen molar-refractivity contribution < 1.29 is 19.4 Å². The number of hydrogen-bond acceptors (Lipinski definition) is 4. The number of rotatable bonds is 7. The molecule has 2 aromatic rings. The van der Waals surface area contributed by atoms with Crippen LogP contribution in [0.3, 0.4) is 0 Å². The lowest BCUT2D eigenvalue weighted by atomic mass is 10.0. The van der Waals surface area contributed by atoms with Crippen LogP contribution < -0.4 is 9.47 Å². The Kier molecular flexibility index (Phi) is 6.88. The van der Waals surface area contributed by atoms with Crippen molar-refractivity contribution in [2.75, 3.05) is 13.2 Å². The first-order valence-corrected chi connectivity index (χ1v) is 8.36. The average Bonchev–Trinajstić information content (AvgIpc) is 2.66. The summed E-state index contributed by atoms with van der Waals surface area (Å²) in [6, 6.07) is 11.5. The summed E-state index contributed by atoms with van der Waals surface area (Å²) in [4.78, 5) is 11.0. The minimum atomic E-state index is -1.03. The third kappa shape index (κ3) is 5.04. The molecule has 27 heavy (non-hydrogen) atoms. The molecule has 0 aliphatic carbocycles. The Morgan fingerprint density at radius 3 is 2.48 bits per heavy atom. The number of nitriles is 1. The molecule has 1 N–H and O–H groups in total. The summed E-state index contributed by atoms with van der Waals surface area (Å²) in [5.41, 5.74) is 1.72. The Labute approximate surface area is 162 Å². The van der Waals surface area contributed by atoms with Crippen LogP contribution in [0.1, 0.15) is 28.4 Å². The SMILES string of the molecule is C#CCOc1c(Cl)cc(/C=C(/C#N)c2ccc(C(=O)O)cc2)cc1OCC. The highest BCUT2D eigenvalue weighted by molar-refractivity contribution is 6.32. The van der Waals surface area contributed by atoms with E-state index in [-0.39, 0.29) is 12.2 Å². The van der Waals surface area contributed by atoms with Gasteiger partial charge in [-0.05, 0) is 48.4 Å². The first-order chi connectivity index (χ1) is 13.0. The zero-order valence-corrected chi connectivity index (χ0v) is 15.3. The number of carboxylic acids is 1. The molecular formula is C21H16ClNO4. The van der Waals surface area contributed by atoms with Gasteiger partial charge in [-0.25, -0.2) is 4.79 Å². The highest BCUT2D eigenvalue weighted by atomic mass is 35.5. The van der Waals surface area contributed by atoms with Crippen molar-refractivity contribution in [3.8, 4) is 29.9 Å². The molecule has 0 atom stereocenters. The van der Waals surface area contributed by atoms with Crippen LogP contribution in [-0.2, 0) is 0 Å². The van der Waals surface area contributed by atoms with Gasteiger partial charge in [-0.2, -0.15) is 5.26 Å². The summed E-state index contributed by atoms with van der Waals surface area (Å²) in [6.45, 7) is 2.28. The van der Waals surface area contributed by atoms with E-state index in [1.165, 1.54) is 12.1 Å². The topological polar surface area (TPSA) is 79.5 Å². The van der Waals surface area contributed by atoms with Gasteiger partial charge in [-0.15, -0.1) is 6.42 Å². The van der Waals surface area contributed by atoms with Crippen LogP contribution >= 0.6 is 11.6 Å². The van der Waals surface area contributed by atoms with Crippen LogP contribution in [0.5, 0.6) is 11.5 Å². The number of terminal acetylenes is 1. The molecule has 5 nitrogen and oxygen atoms in total. The molecule has 0 fully saturated rings. The lowest BCUT2D eigenvalue weighted by molar-refractivity contribution is 0.0697. The lowest BCUT2D eigenvalue weighted by Gasteiger charge is -2.13. The molecule has 0 aromatic heterocycles. The minimum absolute atomic E-state index is 0.0500. The van der Waals surface area contributed by atoms with E-state index in [0.29, 0.717) is 39.8 Å². The summed E-state index contributed by atoms with van der Waals surface area (Å²) in [7, 11) is 0. The average molecular weight is 382 g/mol. The van der Waals surface area contributed by atoms with Crippen LogP contribution in [-0.4, -0.2) is 24.3 Å². The molecule has 2 aromatic carbocycles. The van der Waals surface area contributed by atoms with Gasteiger partial charge in [-0.1, -0.05) is 29.7 Å². The van der Waals surface area contributed by atoms with Crippen molar-refractivity contribution in [1.82, 2.24) is 0 Å². The molecular weight excluding hydrogens is 366 g/mol. The van der Waals surface area contributed by atoms with Crippen molar-refractivity contribution >= 4 is 29.2 Å². The second-order valence-corrected chi connectivity index (χ2v) is 5.72. The fourth-order valence-corrected chi connectivity index (χ4v) is 2.60. The molecule has 0 unspecified atom stereocenters. The largest absolute Gasteiger partial charge is 0.490 e. The van der Waals surface area contributed by atoms with Crippen LogP contribution in [0, 0.1) is 23.7 Å². The fourth-order valence-electron chi connectivity index (χ4n) is 2.33. The Morgan fingerprint density at radius 2 is 1.93 bits per heavy atom. The van der Waals surface area contributed by atoms with E-state index in [1.807, 2.05) is 6.92 Å². The molecule has 0 heterocycles. The molecule has 0 saturated carbocycles. The molecule has 6 heteroatoms. The van der Waals surface area contributed by atoms with Crippen molar-refractivity contribution in [3.05, 3.63) is 58.1 Å². The molecule has 0 saturated heterocycles. The summed E-state index contributed by atoms with van der Waals surface area (Å²) in [5.74, 6) is 2.11. The Morgan fingerprint density at radius 1 is 1.26 bits per heavy atom. The zero-order chi connectivity index (χ0) is 19.8. The van der Waals surface area contributed by atoms with Crippen molar-refractivity contribution in [1.29, 1.82) is 5.26 Å². The second-order valence-electron chi connectivity index (χ2n) is 5.31. The summed E-state index contributed by atoms with van der Waals surface area (Å²) in [5, 5.41) is 18.8. The molecule has 136 valence electrons. The zero-order valence-electron chi connectivity index (χ0n) is 14.5. The molecule has 0 spiro atoms. The van der Waals surface area contributed by atoms with Gasteiger partial charge in [0.2, 0.25) is 0 Å². The van der Waals surface area contributed by atoms with E-state index in [9.17, 15) is 10.1 Å². The third-order valence-corrected chi connectivity index (χ3v) is 3.79. The van der Waals surface area contributed by atoms with Gasteiger partial charge >= 0.3 is 5.97 Å². The van der Waals surface area contributed by atoms with Crippen LogP contribution in [0.2, 0.25) is 5.02 Å². The van der Waals surface area contributed by atoms with Gasteiger partial charge in [0, 0.05) is 0 Å². The Bertz CT molecular complexity index is 950. The molecule has 0 aliphatic rings. The maximum atomic E-state index is 11.0. The van der Waals surface area contributed by atoms with Crippen molar-refractivity contribution in [2.24, 2.45) is 0 Å². The first-order valence-electron chi connectivity index (χ1n) is 7.98. The van der Waals surface area contributed by atoms with E-state index >= 15 is 0 Å². The normalized spacial score (nSPS) is 10.6. The van der Waals surface area contributed by atoms with Gasteiger partial charge in [0.05, 0.1) is 28.8 Å². The smallest absolute Gasteiger partial charge is 0.335 e. The maximum Gasteiger partial charge on any atom is 0.335 e. The predicted octanol–water partition coefficient (Wildman–Crippen LogP) is 4.51. The number of aromatic carboxylic acids is 1. The lowest BCUT2D eigenvalue weighted by Crippen LogP contribution is -2.00. The summed E-state index contributed by atoms with van der Waals surface area (Å²) in [6.07, 6.45) is 6.85. The Hall–Kier alpha value is -3.41. The van der Waals surface area contributed by atoms with E-state index in [4.69, 9.17) is 32.6 Å². The Balaban J connectivity index is 2.44. The maximum absolute atomic E-state index is 11.0. The number of ether oxygens (including phenoxy) is 2. The molecule has 0 radical (unpaired) electrons. The van der Waals surface area contributed by atoms with Crippen LogP contribution in [0.4, 0.5) is 0 Å². The monoisotopic (exact) mass is 381 g/mol. The molecule has 2 rings (SSSR count). The summed E-state index contributed by atoms with van der Waals surface area (Å²) >= 11 is 6.28. The quantitative estimate of drug-likeness (QED) is 0.433. The van der Waals surface area contributed by atoms with Crippen LogP contribution in [0.15, 0.2) is 36.4 Å². The predicted molar refractivity (Wildman–Crippen MR) is 104 cm³/mol. The number of nitrogens with zero attached hydrogens (tertiary/aromatic N) is 1. The first kappa shape index (κ1) is 19.9. The number of halogens is 1. The highest BCUT2D eigenvalue weighted by Gasteiger charge is 2.13. The van der Waals surface area contributed by atoms with E-state index in [1.54, 1.807) is 30.3 Å².